The number of fused-ring (bicyclic) bond motifs is 3. The lowest BCUT2D eigenvalue weighted by molar-refractivity contribution is -0.385. The van der Waals surface area contributed by atoms with Crippen LogP contribution in [0.1, 0.15) is 29.5 Å². The number of anilines is 1. The summed E-state index contributed by atoms with van der Waals surface area (Å²) in [6.45, 7) is 0. The van der Waals surface area contributed by atoms with Crippen molar-refractivity contribution in [1.29, 1.82) is 0 Å². The standard InChI is InChI=1S/C18H15N3O4/c22-20(23)12-6-4-11(5-7-12)18-16-3-1-2-14(16)15-9-8-13(21(24)25)10-17(15)19-18/h1-2,4-10,14,16,18-19H,3H2/t14-,16+,18-/m1/s1. The van der Waals surface area contributed by atoms with Crippen LogP contribution in [0.4, 0.5) is 17.1 Å². The molecule has 1 aliphatic heterocycles. The molecule has 126 valence electrons. The normalized spacial score (nSPS) is 23.4. The number of nitro benzene ring substituents is 2. The highest BCUT2D eigenvalue weighted by molar-refractivity contribution is 5.63. The molecule has 4 rings (SSSR count). The fourth-order valence-electron chi connectivity index (χ4n) is 3.83. The zero-order valence-corrected chi connectivity index (χ0v) is 13.2. The van der Waals surface area contributed by atoms with Crippen molar-refractivity contribution in [3.63, 3.8) is 0 Å². The molecule has 2 aliphatic rings. The zero-order valence-electron chi connectivity index (χ0n) is 13.2. The van der Waals surface area contributed by atoms with E-state index in [1.165, 1.54) is 18.2 Å². The molecule has 1 N–H and O–H groups in total. The summed E-state index contributed by atoms with van der Waals surface area (Å²) in [4.78, 5) is 21.1. The smallest absolute Gasteiger partial charge is 0.271 e. The van der Waals surface area contributed by atoms with Crippen molar-refractivity contribution in [2.24, 2.45) is 5.92 Å². The molecule has 0 amide bonds. The number of nitrogens with one attached hydrogen (secondary N) is 1. The molecule has 1 aliphatic carbocycles. The maximum Gasteiger partial charge on any atom is 0.271 e. The van der Waals surface area contributed by atoms with Gasteiger partial charge in [0.1, 0.15) is 0 Å². The Morgan fingerprint density at radius 3 is 2.32 bits per heavy atom. The highest BCUT2D eigenvalue weighted by atomic mass is 16.6. The predicted octanol–water partition coefficient (Wildman–Crippen LogP) is 4.33. The first-order valence-electron chi connectivity index (χ1n) is 8.00. The third-order valence-electron chi connectivity index (χ3n) is 5.02. The molecule has 25 heavy (non-hydrogen) atoms. The van der Waals surface area contributed by atoms with Gasteiger partial charge in [0.2, 0.25) is 0 Å². The van der Waals surface area contributed by atoms with Gasteiger partial charge in [0.15, 0.2) is 0 Å². The Bertz CT molecular complexity index is 892. The summed E-state index contributed by atoms with van der Waals surface area (Å²) in [6.07, 6.45) is 5.18. The van der Waals surface area contributed by atoms with Gasteiger partial charge in [0, 0.05) is 35.9 Å². The topological polar surface area (TPSA) is 98.3 Å². The number of rotatable bonds is 3. The van der Waals surface area contributed by atoms with Crippen LogP contribution in [0.5, 0.6) is 0 Å². The first-order valence-corrected chi connectivity index (χ1v) is 8.00. The largest absolute Gasteiger partial charge is 0.377 e. The van der Waals surface area contributed by atoms with E-state index in [1.54, 1.807) is 18.2 Å². The molecule has 2 aromatic carbocycles. The van der Waals surface area contributed by atoms with Gasteiger partial charge in [0.05, 0.1) is 15.9 Å². The molecule has 7 nitrogen and oxygen atoms in total. The minimum absolute atomic E-state index is 0.0460. The van der Waals surface area contributed by atoms with E-state index in [9.17, 15) is 20.2 Å². The number of allylic oxidation sites excluding steroid dienone is 2. The fraction of sp³-hybridized carbons (Fsp3) is 0.222. The van der Waals surface area contributed by atoms with Gasteiger partial charge in [0.25, 0.3) is 11.4 Å². The van der Waals surface area contributed by atoms with Gasteiger partial charge < -0.3 is 5.32 Å². The maximum absolute atomic E-state index is 11.1. The number of benzene rings is 2. The second-order valence-electron chi connectivity index (χ2n) is 6.35. The lowest BCUT2D eigenvalue weighted by Crippen LogP contribution is -2.29. The molecule has 2 aromatic rings. The summed E-state index contributed by atoms with van der Waals surface area (Å²) in [5, 5.41) is 25.3. The first kappa shape index (κ1) is 15.3. The van der Waals surface area contributed by atoms with E-state index < -0.39 is 9.85 Å². The third kappa shape index (κ3) is 2.53. The summed E-state index contributed by atoms with van der Waals surface area (Å²) in [5.74, 6) is 0.479. The molecule has 0 fully saturated rings. The molecule has 0 bridgehead atoms. The monoisotopic (exact) mass is 337 g/mol. The van der Waals surface area contributed by atoms with Gasteiger partial charge in [-0.25, -0.2) is 0 Å². The molecule has 0 radical (unpaired) electrons. The Kier molecular flexibility index (Phi) is 3.49. The van der Waals surface area contributed by atoms with Crippen LogP contribution in [0.3, 0.4) is 0 Å². The van der Waals surface area contributed by atoms with E-state index in [2.05, 4.69) is 17.5 Å². The average Bonchev–Trinajstić information content (AvgIpc) is 3.10. The Hall–Kier alpha value is -3.22. The minimum atomic E-state index is -0.420. The Morgan fingerprint density at radius 2 is 1.64 bits per heavy atom. The number of nitrogens with zero attached hydrogens (tertiary/aromatic N) is 2. The summed E-state index contributed by atoms with van der Waals surface area (Å²) in [7, 11) is 0. The molecule has 0 spiro atoms. The summed E-state index contributed by atoms with van der Waals surface area (Å²) < 4.78 is 0. The Balaban J connectivity index is 1.74. The number of nitro groups is 2. The summed E-state index contributed by atoms with van der Waals surface area (Å²) in [6, 6.07) is 11.4. The summed E-state index contributed by atoms with van der Waals surface area (Å²) in [5.41, 5.74) is 2.86. The molecular formula is C18H15N3O4. The SMILES string of the molecule is O=[N+]([O-])c1ccc([C@H]2Nc3cc([N+](=O)[O-])ccc3[C@H]3C=CC[C@@H]32)cc1. The Morgan fingerprint density at radius 1 is 0.960 bits per heavy atom. The number of non-ortho nitro benzene ring substituents is 2. The lowest BCUT2D eigenvalue weighted by atomic mass is 9.77. The molecule has 7 heteroatoms. The third-order valence-corrected chi connectivity index (χ3v) is 5.02. The van der Waals surface area contributed by atoms with Gasteiger partial charge in [-0.05, 0) is 29.5 Å². The number of hydrogen-bond donors (Lipinski definition) is 1. The van der Waals surface area contributed by atoms with Gasteiger partial charge in [-0.2, -0.15) is 0 Å². The highest BCUT2D eigenvalue weighted by Gasteiger charge is 2.38. The minimum Gasteiger partial charge on any atom is -0.377 e. The molecule has 1 heterocycles. The Labute approximate surface area is 143 Å². The predicted molar refractivity (Wildman–Crippen MR) is 92.5 cm³/mol. The second-order valence-corrected chi connectivity index (χ2v) is 6.35. The van der Waals surface area contributed by atoms with Gasteiger partial charge in [-0.3, -0.25) is 20.2 Å². The van der Waals surface area contributed by atoms with Crippen molar-refractivity contribution in [1.82, 2.24) is 0 Å². The van der Waals surface area contributed by atoms with Crippen molar-refractivity contribution in [2.45, 2.75) is 18.4 Å². The van der Waals surface area contributed by atoms with Crippen LogP contribution >= 0.6 is 0 Å². The van der Waals surface area contributed by atoms with E-state index in [0.29, 0.717) is 0 Å². The first-order chi connectivity index (χ1) is 12.0. The van der Waals surface area contributed by atoms with Crippen LogP contribution in [0.2, 0.25) is 0 Å². The number of hydrogen-bond acceptors (Lipinski definition) is 5. The lowest BCUT2D eigenvalue weighted by Gasteiger charge is -2.37. The average molecular weight is 337 g/mol. The summed E-state index contributed by atoms with van der Waals surface area (Å²) >= 11 is 0. The molecule has 0 saturated carbocycles. The van der Waals surface area contributed by atoms with Crippen LogP contribution in [0.15, 0.2) is 54.6 Å². The van der Waals surface area contributed by atoms with Crippen LogP contribution in [-0.2, 0) is 0 Å². The van der Waals surface area contributed by atoms with Crippen molar-refractivity contribution in [3.05, 3.63) is 86.0 Å². The fourth-order valence-corrected chi connectivity index (χ4v) is 3.83. The van der Waals surface area contributed by atoms with E-state index in [0.717, 1.165) is 23.2 Å². The van der Waals surface area contributed by atoms with Crippen LogP contribution < -0.4 is 5.32 Å². The van der Waals surface area contributed by atoms with Crippen molar-refractivity contribution in [3.8, 4) is 0 Å². The van der Waals surface area contributed by atoms with Crippen molar-refractivity contribution >= 4 is 17.1 Å². The van der Waals surface area contributed by atoms with Gasteiger partial charge in [-0.15, -0.1) is 0 Å². The highest BCUT2D eigenvalue weighted by Crippen LogP contribution is 2.50. The van der Waals surface area contributed by atoms with E-state index in [4.69, 9.17) is 0 Å². The zero-order chi connectivity index (χ0) is 17.6. The van der Waals surface area contributed by atoms with Gasteiger partial charge >= 0.3 is 0 Å². The van der Waals surface area contributed by atoms with Crippen molar-refractivity contribution < 1.29 is 9.85 Å². The maximum atomic E-state index is 11.1. The molecule has 0 aromatic heterocycles. The van der Waals surface area contributed by atoms with E-state index >= 15 is 0 Å². The van der Waals surface area contributed by atoms with Gasteiger partial charge in [-0.1, -0.05) is 24.3 Å². The molecule has 0 unspecified atom stereocenters. The van der Waals surface area contributed by atoms with E-state index in [-0.39, 0.29) is 29.3 Å². The van der Waals surface area contributed by atoms with Crippen LogP contribution in [-0.4, -0.2) is 9.85 Å². The molecular weight excluding hydrogens is 322 g/mol. The second kappa shape index (κ2) is 5.70. The quantitative estimate of drug-likeness (QED) is 0.510. The molecule has 3 atom stereocenters. The van der Waals surface area contributed by atoms with Crippen molar-refractivity contribution in [2.75, 3.05) is 5.32 Å². The van der Waals surface area contributed by atoms with Crippen LogP contribution in [0, 0.1) is 26.1 Å². The van der Waals surface area contributed by atoms with E-state index in [1.807, 2.05) is 6.07 Å². The van der Waals surface area contributed by atoms with Crippen LogP contribution in [0.25, 0.3) is 0 Å². The molecule has 0 saturated heterocycles.